The van der Waals surface area contributed by atoms with Crippen LogP contribution in [-0.2, 0) is 6.54 Å². The molecule has 1 fully saturated rings. The Morgan fingerprint density at radius 2 is 1.84 bits per heavy atom. The van der Waals surface area contributed by atoms with E-state index in [0.29, 0.717) is 6.42 Å². The zero-order valence-electron chi connectivity index (χ0n) is 15.7. The lowest BCUT2D eigenvalue weighted by Crippen LogP contribution is -2.46. The molecule has 5 nitrogen and oxygen atoms in total. The Morgan fingerprint density at radius 3 is 2.52 bits per heavy atom. The van der Waals surface area contributed by atoms with Crippen LogP contribution in [0.4, 0.5) is 0 Å². The monoisotopic (exact) mass is 345 g/mol. The molecule has 25 heavy (non-hydrogen) atoms. The third-order valence-electron chi connectivity index (χ3n) is 4.64. The SMILES string of the molecule is CCCCCOc1ccc(CN2CCN(CCC#N)CC2)cc1OC. The van der Waals surface area contributed by atoms with Crippen molar-refractivity contribution in [1.29, 1.82) is 5.26 Å². The molecule has 0 radical (unpaired) electrons. The Balaban J connectivity index is 1.83. The van der Waals surface area contributed by atoms with Crippen molar-refractivity contribution < 1.29 is 9.47 Å². The first kappa shape index (κ1) is 19.6. The van der Waals surface area contributed by atoms with Crippen molar-refractivity contribution >= 4 is 0 Å². The summed E-state index contributed by atoms with van der Waals surface area (Å²) in [6.45, 7) is 8.93. The molecule has 0 atom stereocenters. The maximum Gasteiger partial charge on any atom is 0.161 e. The molecule has 0 N–H and O–H groups in total. The van der Waals surface area contributed by atoms with Gasteiger partial charge in [-0.3, -0.25) is 9.80 Å². The van der Waals surface area contributed by atoms with Gasteiger partial charge in [-0.1, -0.05) is 25.8 Å². The Labute approximate surface area is 152 Å². The van der Waals surface area contributed by atoms with Gasteiger partial charge in [-0.05, 0) is 24.1 Å². The normalized spacial score (nSPS) is 15.7. The van der Waals surface area contributed by atoms with Crippen LogP contribution in [0, 0.1) is 11.3 Å². The van der Waals surface area contributed by atoms with Gasteiger partial charge in [0.1, 0.15) is 0 Å². The smallest absolute Gasteiger partial charge is 0.161 e. The minimum absolute atomic E-state index is 0.622. The molecule has 0 aliphatic carbocycles. The highest BCUT2D eigenvalue weighted by atomic mass is 16.5. The largest absolute Gasteiger partial charge is 0.493 e. The number of hydrogen-bond acceptors (Lipinski definition) is 5. The van der Waals surface area contributed by atoms with Crippen molar-refractivity contribution in [2.75, 3.05) is 46.4 Å². The number of rotatable bonds is 10. The summed E-state index contributed by atoms with van der Waals surface area (Å²) in [6, 6.07) is 8.49. The Morgan fingerprint density at radius 1 is 1.08 bits per heavy atom. The molecule has 0 aromatic heterocycles. The van der Waals surface area contributed by atoms with E-state index in [4.69, 9.17) is 14.7 Å². The molecule has 1 saturated heterocycles. The molecule has 1 aromatic carbocycles. The number of nitrogens with zero attached hydrogens (tertiary/aromatic N) is 3. The number of methoxy groups -OCH3 is 1. The molecule has 0 bridgehead atoms. The number of ether oxygens (including phenoxy) is 2. The predicted molar refractivity (Wildman–Crippen MR) is 100.0 cm³/mol. The topological polar surface area (TPSA) is 48.7 Å². The summed E-state index contributed by atoms with van der Waals surface area (Å²) < 4.78 is 11.4. The Kier molecular flexibility index (Phi) is 8.58. The summed E-state index contributed by atoms with van der Waals surface area (Å²) in [5.41, 5.74) is 1.25. The summed E-state index contributed by atoms with van der Waals surface area (Å²) in [5.74, 6) is 1.66. The molecule has 1 aromatic rings. The first-order valence-corrected chi connectivity index (χ1v) is 9.38. The first-order valence-electron chi connectivity index (χ1n) is 9.38. The van der Waals surface area contributed by atoms with Gasteiger partial charge in [-0.15, -0.1) is 0 Å². The zero-order chi connectivity index (χ0) is 17.9. The van der Waals surface area contributed by atoms with E-state index in [2.05, 4.69) is 34.9 Å². The number of piperazine rings is 1. The second-order valence-corrected chi connectivity index (χ2v) is 6.57. The third kappa shape index (κ3) is 6.56. The minimum atomic E-state index is 0.622. The molecule has 5 heteroatoms. The third-order valence-corrected chi connectivity index (χ3v) is 4.64. The highest BCUT2D eigenvalue weighted by molar-refractivity contribution is 5.43. The quantitative estimate of drug-likeness (QED) is 0.609. The van der Waals surface area contributed by atoms with Crippen LogP contribution >= 0.6 is 0 Å². The van der Waals surface area contributed by atoms with E-state index in [0.717, 1.165) is 63.8 Å². The van der Waals surface area contributed by atoms with Crippen LogP contribution in [-0.4, -0.2) is 56.2 Å². The maximum absolute atomic E-state index is 8.69. The van der Waals surface area contributed by atoms with Gasteiger partial charge in [-0.25, -0.2) is 0 Å². The molecule has 0 spiro atoms. The van der Waals surface area contributed by atoms with Crippen molar-refractivity contribution in [2.24, 2.45) is 0 Å². The van der Waals surface area contributed by atoms with Crippen molar-refractivity contribution in [1.82, 2.24) is 9.80 Å². The molecule has 1 aliphatic heterocycles. The Hall–Kier alpha value is -1.77. The molecular formula is C20H31N3O2. The second-order valence-electron chi connectivity index (χ2n) is 6.57. The summed E-state index contributed by atoms with van der Waals surface area (Å²) in [7, 11) is 1.70. The van der Waals surface area contributed by atoms with E-state index in [-0.39, 0.29) is 0 Å². The standard InChI is InChI=1S/C20H31N3O2/c1-3-4-5-15-25-19-8-7-18(16-20(19)24-2)17-23-13-11-22(12-14-23)10-6-9-21/h7-8,16H,3-6,10-15,17H2,1-2H3. The molecule has 0 unspecified atom stereocenters. The van der Waals surface area contributed by atoms with E-state index >= 15 is 0 Å². The summed E-state index contributed by atoms with van der Waals surface area (Å²) in [4.78, 5) is 4.83. The Bertz CT molecular complexity index is 548. The molecule has 138 valence electrons. The predicted octanol–water partition coefficient (Wildman–Crippen LogP) is 3.30. The molecule has 0 saturated carbocycles. The van der Waals surface area contributed by atoms with Gasteiger partial charge in [0, 0.05) is 45.7 Å². The summed E-state index contributed by atoms with van der Waals surface area (Å²) >= 11 is 0. The van der Waals surface area contributed by atoms with E-state index in [1.165, 1.54) is 18.4 Å². The van der Waals surface area contributed by atoms with Crippen molar-refractivity contribution in [3.05, 3.63) is 23.8 Å². The van der Waals surface area contributed by atoms with Crippen LogP contribution in [0.2, 0.25) is 0 Å². The highest BCUT2D eigenvalue weighted by Crippen LogP contribution is 2.29. The van der Waals surface area contributed by atoms with Crippen molar-refractivity contribution in [3.8, 4) is 17.6 Å². The number of unbranched alkanes of at least 4 members (excludes halogenated alkanes) is 2. The molecule has 1 heterocycles. The maximum atomic E-state index is 8.69. The first-order chi connectivity index (χ1) is 12.3. The van der Waals surface area contributed by atoms with Crippen LogP contribution in [0.15, 0.2) is 18.2 Å². The molecule has 2 rings (SSSR count). The zero-order valence-corrected chi connectivity index (χ0v) is 15.7. The van der Waals surface area contributed by atoms with Gasteiger partial charge >= 0.3 is 0 Å². The number of nitriles is 1. The van der Waals surface area contributed by atoms with Gasteiger partial charge in [-0.2, -0.15) is 5.26 Å². The van der Waals surface area contributed by atoms with E-state index in [1.54, 1.807) is 7.11 Å². The fourth-order valence-corrected chi connectivity index (χ4v) is 3.10. The molecule has 0 amide bonds. The average molecular weight is 345 g/mol. The van der Waals surface area contributed by atoms with Crippen LogP contribution in [0.3, 0.4) is 0 Å². The van der Waals surface area contributed by atoms with Gasteiger partial charge in [0.15, 0.2) is 11.5 Å². The minimum Gasteiger partial charge on any atom is -0.493 e. The van der Waals surface area contributed by atoms with Crippen LogP contribution < -0.4 is 9.47 Å². The fourth-order valence-electron chi connectivity index (χ4n) is 3.10. The lowest BCUT2D eigenvalue weighted by molar-refractivity contribution is 0.129. The van der Waals surface area contributed by atoms with Gasteiger partial charge < -0.3 is 9.47 Å². The molecule has 1 aliphatic rings. The van der Waals surface area contributed by atoms with Gasteiger partial charge in [0.05, 0.1) is 19.8 Å². The summed E-state index contributed by atoms with van der Waals surface area (Å²) in [6.07, 6.45) is 4.10. The second kappa shape index (κ2) is 11.0. The van der Waals surface area contributed by atoms with Gasteiger partial charge in [0.25, 0.3) is 0 Å². The number of benzene rings is 1. The van der Waals surface area contributed by atoms with Gasteiger partial charge in [0.2, 0.25) is 0 Å². The summed E-state index contributed by atoms with van der Waals surface area (Å²) in [5, 5.41) is 8.69. The van der Waals surface area contributed by atoms with E-state index in [1.807, 2.05) is 6.07 Å². The highest BCUT2D eigenvalue weighted by Gasteiger charge is 2.17. The van der Waals surface area contributed by atoms with Crippen molar-refractivity contribution in [3.63, 3.8) is 0 Å². The lowest BCUT2D eigenvalue weighted by Gasteiger charge is -2.34. The lowest BCUT2D eigenvalue weighted by atomic mass is 10.1. The van der Waals surface area contributed by atoms with E-state index < -0.39 is 0 Å². The van der Waals surface area contributed by atoms with Crippen LogP contribution in [0.1, 0.15) is 38.2 Å². The molecular weight excluding hydrogens is 314 g/mol. The van der Waals surface area contributed by atoms with Crippen molar-refractivity contribution in [2.45, 2.75) is 39.2 Å². The van der Waals surface area contributed by atoms with E-state index in [9.17, 15) is 0 Å². The fraction of sp³-hybridized carbons (Fsp3) is 0.650. The van der Waals surface area contributed by atoms with Crippen LogP contribution in [0.5, 0.6) is 11.5 Å². The van der Waals surface area contributed by atoms with Crippen LogP contribution in [0.25, 0.3) is 0 Å². The average Bonchev–Trinajstić information content (AvgIpc) is 2.65. The number of hydrogen-bond donors (Lipinski definition) is 0.